The number of anilines is 1. The summed E-state index contributed by atoms with van der Waals surface area (Å²) in [5.41, 5.74) is 2.88. The lowest BCUT2D eigenvalue weighted by Crippen LogP contribution is -2.48. The Labute approximate surface area is 255 Å². The maximum Gasteiger partial charge on any atom is 0.223 e. The molecular formula is C32H39N7O3S. The molecule has 0 spiro atoms. The molecule has 226 valence electrons. The predicted molar refractivity (Wildman–Crippen MR) is 170 cm³/mol. The van der Waals surface area contributed by atoms with Crippen molar-refractivity contribution in [1.82, 2.24) is 30.0 Å². The van der Waals surface area contributed by atoms with Crippen LogP contribution in [0.3, 0.4) is 0 Å². The monoisotopic (exact) mass is 601 g/mol. The fourth-order valence-electron chi connectivity index (χ4n) is 5.63. The van der Waals surface area contributed by atoms with Crippen molar-refractivity contribution in [2.24, 2.45) is 5.92 Å². The predicted octanol–water partition coefficient (Wildman–Crippen LogP) is 4.67. The van der Waals surface area contributed by atoms with Gasteiger partial charge < -0.3 is 14.5 Å². The summed E-state index contributed by atoms with van der Waals surface area (Å²) in [4.78, 5) is 42.9. The Bertz CT molecular complexity index is 1610. The standard InChI is InChI=1S/C32H39N7O3S/c1-22(2)5-3-6-23(40)9-10-29(41)38-13-11-37(12-14-38)21-24-19-28-30(43-24)32(39-15-17-42-18-16-39)35-31(34-28)25-7-4-8-27-26(25)20-33-36-27/h3-4,6-8,19-20,22H,5,9-18,21H2,1-2H3,(H,33,36)/b6-3+. The molecule has 43 heavy (non-hydrogen) atoms. The second-order valence-corrected chi connectivity index (χ2v) is 12.8. The van der Waals surface area contributed by atoms with E-state index in [2.05, 4.69) is 46.0 Å². The van der Waals surface area contributed by atoms with Crippen molar-refractivity contribution in [3.8, 4) is 11.4 Å². The Hall–Kier alpha value is -3.67. The van der Waals surface area contributed by atoms with Gasteiger partial charge in [-0.25, -0.2) is 9.97 Å². The van der Waals surface area contributed by atoms with Crippen LogP contribution >= 0.6 is 11.3 Å². The van der Waals surface area contributed by atoms with Gasteiger partial charge in [0.15, 0.2) is 17.4 Å². The van der Waals surface area contributed by atoms with Gasteiger partial charge in [-0.15, -0.1) is 11.3 Å². The Morgan fingerprint density at radius 1 is 1.07 bits per heavy atom. The number of hydrogen-bond acceptors (Lipinski definition) is 9. The number of ketones is 1. The number of aromatic nitrogens is 4. The molecule has 0 unspecified atom stereocenters. The topological polar surface area (TPSA) is 108 Å². The molecule has 3 aromatic heterocycles. The number of allylic oxidation sites excluding steroid dienone is 2. The highest BCUT2D eigenvalue weighted by Gasteiger charge is 2.24. The van der Waals surface area contributed by atoms with Crippen LogP contribution in [0.5, 0.6) is 0 Å². The Kier molecular flexibility index (Phi) is 9.11. The van der Waals surface area contributed by atoms with Crippen LogP contribution in [-0.2, 0) is 20.9 Å². The van der Waals surface area contributed by atoms with Gasteiger partial charge in [-0.05, 0) is 30.5 Å². The zero-order chi connectivity index (χ0) is 29.8. The van der Waals surface area contributed by atoms with Crippen molar-refractivity contribution in [2.75, 3.05) is 57.4 Å². The van der Waals surface area contributed by atoms with Gasteiger partial charge in [0, 0.05) is 74.5 Å². The minimum absolute atomic E-state index is 0.0292. The SMILES string of the molecule is CC(C)C/C=C/C(=O)CCC(=O)N1CCN(Cc2cc3nc(-c4cccc5[nH]ncc45)nc(N4CCOCC4)c3s2)CC1. The lowest BCUT2D eigenvalue weighted by atomic mass is 10.1. The Morgan fingerprint density at radius 3 is 2.67 bits per heavy atom. The van der Waals surface area contributed by atoms with Crippen molar-refractivity contribution < 1.29 is 14.3 Å². The van der Waals surface area contributed by atoms with Gasteiger partial charge in [0.05, 0.1) is 35.1 Å². The van der Waals surface area contributed by atoms with Crippen molar-refractivity contribution in [1.29, 1.82) is 0 Å². The fourth-order valence-corrected chi connectivity index (χ4v) is 6.79. The van der Waals surface area contributed by atoms with Gasteiger partial charge in [-0.3, -0.25) is 19.6 Å². The summed E-state index contributed by atoms with van der Waals surface area (Å²) in [6.45, 7) is 11.0. The first-order chi connectivity index (χ1) is 20.9. The second-order valence-electron chi connectivity index (χ2n) is 11.7. The van der Waals surface area contributed by atoms with E-state index >= 15 is 0 Å². The van der Waals surface area contributed by atoms with Gasteiger partial charge in [0.1, 0.15) is 0 Å². The molecule has 0 atom stereocenters. The Morgan fingerprint density at radius 2 is 1.88 bits per heavy atom. The summed E-state index contributed by atoms with van der Waals surface area (Å²) in [7, 11) is 0. The van der Waals surface area contributed by atoms with Crippen molar-refractivity contribution >= 4 is 50.0 Å². The van der Waals surface area contributed by atoms with E-state index in [-0.39, 0.29) is 24.5 Å². The first kappa shape index (κ1) is 29.4. The number of rotatable bonds is 10. The fraction of sp³-hybridized carbons (Fsp3) is 0.469. The molecule has 11 heteroatoms. The number of nitrogens with one attached hydrogen (secondary N) is 1. The van der Waals surface area contributed by atoms with Crippen LogP contribution in [0, 0.1) is 5.92 Å². The lowest BCUT2D eigenvalue weighted by Gasteiger charge is -2.34. The number of thiophene rings is 1. The van der Waals surface area contributed by atoms with Crippen LogP contribution in [0.2, 0.25) is 0 Å². The minimum Gasteiger partial charge on any atom is -0.378 e. The third kappa shape index (κ3) is 6.95. The van der Waals surface area contributed by atoms with Gasteiger partial charge >= 0.3 is 0 Å². The summed E-state index contributed by atoms with van der Waals surface area (Å²) in [6, 6.07) is 8.26. The molecule has 1 amide bonds. The van der Waals surface area contributed by atoms with Crippen molar-refractivity contribution in [2.45, 2.75) is 39.7 Å². The van der Waals surface area contributed by atoms with E-state index in [4.69, 9.17) is 14.7 Å². The van der Waals surface area contributed by atoms with Crippen LogP contribution in [0.1, 0.15) is 38.0 Å². The highest BCUT2D eigenvalue weighted by molar-refractivity contribution is 7.19. The number of fused-ring (bicyclic) bond motifs is 2. The number of carbonyl (C=O) groups excluding carboxylic acids is 2. The highest BCUT2D eigenvalue weighted by Crippen LogP contribution is 2.36. The number of morpholine rings is 1. The number of piperazine rings is 1. The van der Waals surface area contributed by atoms with Crippen molar-refractivity contribution in [3.63, 3.8) is 0 Å². The maximum atomic E-state index is 12.8. The number of hydrogen-bond donors (Lipinski definition) is 1. The van der Waals surface area contributed by atoms with E-state index in [0.29, 0.717) is 38.0 Å². The quantitative estimate of drug-likeness (QED) is 0.262. The number of ether oxygens (including phenoxy) is 1. The summed E-state index contributed by atoms with van der Waals surface area (Å²) in [6.07, 6.45) is 6.81. The molecule has 6 rings (SSSR count). The third-order valence-electron chi connectivity index (χ3n) is 8.04. The van der Waals surface area contributed by atoms with Crippen LogP contribution in [0.25, 0.3) is 32.5 Å². The number of benzene rings is 1. The molecule has 10 nitrogen and oxygen atoms in total. The summed E-state index contributed by atoms with van der Waals surface area (Å²) in [5.74, 6) is 2.28. The average Bonchev–Trinajstić information content (AvgIpc) is 3.67. The van der Waals surface area contributed by atoms with E-state index < -0.39 is 0 Å². The number of nitrogens with zero attached hydrogens (tertiary/aromatic N) is 6. The van der Waals surface area contributed by atoms with E-state index in [1.807, 2.05) is 29.3 Å². The largest absolute Gasteiger partial charge is 0.378 e. The molecule has 2 aliphatic rings. The molecule has 2 saturated heterocycles. The molecule has 5 heterocycles. The highest BCUT2D eigenvalue weighted by atomic mass is 32.1. The van der Waals surface area contributed by atoms with Gasteiger partial charge in [-0.1, -0.05) is 32.1 Å². The second kappa shape index (κ2) is 13.3. The van der Waals surface area contributed by atoms with E-state index in [1.54, 1.807) is 17.4 Å². The normalized spacial score (nSPS) is 16.7. The third-order valence-corrected chi connectivity index (χ3v) is 9.15. The van der Waals surface area contributed by atoms with Gasteiger partial charge in [0.25, 0.3) is 0 Å². The molecule has 0 bridgehead atoms. The first-order valence-electron chi connectivity index (χ1n) is 15.2. The molecule has 0 radical (unpaired) electrons. The molecule has 2 aliphatic heterocycles. The van der Waals surface area contributed by atoms with E-state index in [1.165, 1.54) is 4.88 Å². The van der Waals surface area contributed by atoms with Crippen LogP contribution < -0.4 is 4.90 Å². The Balaban J connectivity index is 1.13. The number of aromatic amines is 1. The molecule has 0 aliphatic carbocycles. The zero-order valence-corrected chi connectivity index (χ0v) is 25.7. The molecule has 1 N–H and O–H groups in total. The summed E-state index contributed by atoms with van der Waals surface area (Å²) < 4.78 is 6.73. The number of H-pyrrole nitrogens is 1. The van der Waals surface area contributed by atoms with Crippen LogP contribution in [-0.4, -0.2) is 94.1 Å². The van der Waals surface area contributed by atoms with Crippen LogP contribution in [0.15, 0.2) is 42.6 Å². The van der Waals surface area contributed by atoms with Gasteiger partial charge in [-0.2, -0.15) is 5.10 Å². The summed E-state index contributed by atoms with van der Waals surface area (Å²) >= 11 is 1.75. The first-order valence-corrected chi connectivity index (χ1v) is 16.0. The zero-order valence-electron chi connectivity index (χ0n) is 24.9. The molecular weight excluding hydrogens is 562 g/mol. The van der Waals surface area contributed by atoms with E-state index in [9.17, 15) is 9.59 Å². The van der Waals surface area contributed by atoms with Crippen molar-refractivity contribution in [3.05, 3.63) is 47.5 Å². The minimum atomic E-state index is 0.0292. The smallest absolute Gasteiger partial charge is 0.223 e. The molecule has 0 saturated carbocycles. The molecule has 2 fully saturated rings. The summed E-state index contributed by atoms with van der Waals surface area (Å²) in [5, 5.41) is 8.28. The average molecular weight is 602 g/mol. The van der Waals surface area contributed by atoms with E-state index in [0.717, 1.165) is 71.6 Å². The maximum absolute atomic E-state index is 12.8. The van der Waals surface area contributed by atoms with Crippen LogP contribution in [0.4, 0.5) is 5.82 Å². The lowest BCUT2D eigenvalue weighted by molar-refractivity contribution is -0.134. The van der Waals surface area contributed by atoms with Gasteiger partial charge in [0.2, 0.25) is 5.91 Å². The molecule has 1 aromatic carbocycles. The molecule has 4 aromatic rings. The number of carbonyl (C=O) groups is 2. The number of amides is 1.